The van der Waals surface area contributed by atoms with E-state index in [0.29, 0.717) is 18.7 Å². The minimum atomic E-state index is -4.77. The Morgan fingerprint density at radius 2 is 1.48 bits per heavy atom. The van der Waals surface area contributed by atoms with Crippen molar-refractivity contribution in [2.75, 3.05) is 18.8 Å². The van der Waals surface area contributed by atoms with Gasteiger partial charge in [0.15, 0.2) is 0 Å². The summed E-state index contributed by atoms with van der Waals surface area (Å²) in [5, 5.41) is 14.9. The van der Waals surface area contributed by atoms with Crippen molar-refractivity contribution >= 4 is 43.3 Å². The second-order valence-electron chi connectivity index (χ2n) is 10.9. The molecule has 0 spiro atoms. The Labute approximate surface area is 274 Å². The number of aliphatic carboxylic acids is 1. The third kappa shape index (κ3) is 15.8. The second kappa shape index (κ2) is 20.7. The maximum Gasteiger partial charge on any atom is 0.524 e. The maximum atomic E-state index is 13.7. The molecule has 14 heteroatoms. The first-order chi connectivity index (χ1) is 21.9. The van der Waals surface area contributed by atoms with Gasteiger partial charge in [-0.15, -0.1) is 11.8 Å². The normalized spacial score (nSPS) is 12.5. The predicted molar refractivity (Wildman–Crippen MR) is 176 cm³/mol. The van der Waals surface area contributed by atoms with Crippen LogP contribution in [0.1, 0.15) is 70.8 Å². The molecule has 0 aliphatic heterocycles. The molecule has 2 atom stereocenters. The van der Waals surface area contributed by atoms with Gasteiger partial charge in [0.2, 0.25) is 17.7 Å². The largest absolute Gasteiger partial charge is 0.524 e. The lowest BCUT2D eigenvalue weighted by molar-refractivity contribution is -0.140. The van der Waals surface area contributed by atoms with Crippen LogP contribution in [0.2, 0.25) is 0 Å². The SMILES string of the molecule is CCCCCN(CCCCC)C(=O)[C@H](CCC(=O)O)NC(=O)[C@H](Cc1ccc(OP(=O)(O)O)cc1)NC(=O)CSc1ccccc1. The first-order valence-electron chi connectivity index (χ1n) is 15.5. The van der Waals surface area contributed by atoms with Gasteiger partial charge in [-0.3, -0.25) is 29.0 Å². The van der Waals surface area contributed by atoms with Crippen LogP contribution in [0.15, 0.2) is 59.5 Å². The van der Waals surface area contributed by atoms with Crippen molar-refractivity contribution in [3.63, 3.8) is 0 Å². The lowest BCUT2D eigenvalue weighted by Crippen LogP contribution is -2.55. The van der Waals surface area contributed by atoms with E-state index in [1.807, 2.05) is 30.3 Å². The van der Waals surface area contributed by atoms with Crippen LogP contribution in [0.4, 0.5) is 0 Å². The Balaban J connectivity index is 2.28. The van der Waals surface area contributed by atoms with E-state index >= 15 is 0 Å². The summed E-state index contributed by atoms with van der Waals surface area (Å²) in [6, 6.07) is 12.7. The summed E-state index contributed by atoms with van der Waals surface area (Å²) in [7, 11) is -4.77. The van der Waals surface area contributed by atoms with E-state index in [0.717, 1.165) is 43.4 Å². The molecule has 0 bridgehead atoms. The average molecular weight is 680 g/mol. The lowest BCUT2D eigenvalue weighted by atomic mass is 10.0. The number of rotatable bonds is 22. The van der Waals surface area contributed by atoms with Gasteiger partial charge >= 0.3 is 13.8 Å². The number of amides is 3. The molecule has 2 aromatic carbocycles. The number of carbonyl (C=O) groups excluding carboxylic acids is 3. The van der Waals surface area contributed by atoms with Gasteiger partial charge in [0.1, 0.15) is 17.8 Å². The molecule has 0 saturated carbocycles. The maximum absolute atomic E-state index is 13.7. The minimum Gasteiger partial charge on any atom is -0.481 e. The van der Waals surface area contributed by atoms with Gasteiger partial charge in [-0.25, -0.2) is 4.57 Å². The summed E-state index contributed by atoms with van der Waals surface area (Å²) in [5.74, 6) is -2.59. The van der Waals surface area contributed by atoms with Crippen molar-refractivity contribution in [1.29, 1.82) is 0 Å². The smallest absolute Gasteiger partial charge is 0.481 e. The van der Waals surface area contributed by atoms with E-state index in [-0.39, 0.29) is 36.7 Å². The monoisotopic (exact) mass is 679 g/mol. The number of hydrogen-bond donors (Lipinski definition) is 5. The molecule has 2 rings (SSSR count). The van der Waals surface area contributed by atoms with Gasteiger partial charge in [-0.1, -0.05) is 69.9 Å². The summed E-state index contributed by atoms with van der Waals surface area (Å²) in [4.78, 5) is 72.7. The fourth-order valence-electron chi connectivity index (χ4n) is 4.63. The summed E-state index contributed by atoms with van der Waals surface area (Å²) in [5.41, 5.74) is 0.545. The second-order valence-corrected chi connectivity index (χ2v) is 13.1. The van der Waals surface area contributed by atoms with Crippen molar-refractivity contribution in [2.24, 2.45) is 0 Å². The van der Waals surface area contributed by atoms with Crippen molar-refractivity contribution < 1.29 is 43.2 Å². The summed E-state index contributed by atoms with van der Waals surface area (Å²) in [6.45, 7) is 5.11. The van der Waals surface area contributed by atoms with Gasteiger partial charge in [0.25, 0.3) is 0 Å². The molecule has 0 aliphatic rings. The van der Waals surface area contributed by atoms with Gasteiger partial charge in [0.05, 0.1) is 5.75 Å². The number of nitrogens with one attached hydrogen (secondary N) is 2. The molecule has 0 aromatic heterocycles. The lowest BCUT2D eigenvalue weighted by Gasteiger charge is -2.29. The quantitative estimate of drug-likeness (QED) is 0.0673. The van der Waals surface area contributed by atoms with Crippen LogP contribution in [0, 0.1) is 0 Å². The molecule has 46 heavy (non-hydrogen) atoms. The zero-order valence-corrected chi connectivity index (χ0v) is 28.1. The fraction of sp³-hybridized carbons (Fsp3) is 0.500. The third-order valence-corrected chi connectivity index (χ3v) is 8.45. The Hall–Kier alpha value is -3.38. The number of phosphoric acid groups is 1. The molecular weight excluding hydrogens is 633 g/mol. The van der Waals surface area contributed by atoms with Gasteiger partial charge < -0.3 is 25.2 Å². The Kier molecular flexibility index (Phi) is 17.4. The molecule has 2 aromatic rings. The van der Waals surface area contributed by atoms with E-state index in [4.69, 9.17) is 9.79 Å². The van der Waals surface area contributed by atoms with Crippen molar-refractivity contribution in [3.8, 4) is 5.75 Å². The molecule has 0 fully saturated rings. The first-order valence-corrected chi connectivity index (χ1v) is 18.1. The molecular formula is C32H46N3O9PS. The summed E-state index contributed by atoms with van der Waals surface area (Å²) in [6.07, 6.45) is 4.89. The number of carboxylic acid groups (broad SMARTS) is 1. The zero-order valence-electron chi connectivity index (χ0n) is 26.4. The standard InChI is InChI=1S/C32H46N3O9PS/c1-3-5-10-20-35(21-11-6-4-2)32(40)27(18-19-30(37)38)34-31(39)28(33-29(36)23-46-26-12-8-7-9-13-26)22-24-14-16-25(17-15-24)44-45(41,42)43/h7-9,12-17,27-28H,3-6,10-11,18-23H2,1-2H3,(H,33,36)(H,34,39)(H,37,38)(H2,41,42,43)/t27-,28-/m0/s1. The molecule has 12 nitrogen and oxygen atoms in total. The highest BCUT2D eigenvalue weighted by Gasteiger charge is 2.30. The minimum absolute atomic E-state index is 0.0136. The predicted octanol–water partition coefficient (Wildman–Crippen LogP) is 4.54. The van der Waals surface area contributed by atoms with Crippen LogP contribution in [0.3, 0.4) is 0 Å². The topological polar surface area (TPSA) is 183 Å². The molecule has 0 saturated heterocycles. The van der Waals surface area contributed by atoms with E-state index in [2.05, 4.69) is 29.0 Å². The van der Waals surface area contributed by atoms with Gasteiger partial charge in [-0.2, -0.15) is 0 Å². The molecule has 3 amide bonds. The van der Waals surface area contributed by atoms with Crippen molar-refractivity contribution in [1.82, 2.24) is 15.5 Å². The third-order valence-electron chi connectivity index (χ3n) is 6.99. The number of carboxylic acids is 1. The number of carbonyl (C=O) groups is 4. The Morgan fingerprint density at radius 1 is 0.870 bits per heavy atom. The molecule has 0 heterocycles. The number of hydrogen-bond acceptors (Lipinski definition) is 7. The van der Waals surface area contributed by atoms with Crippen LogP contribution >= 0.6 is 19.6 Å². The zero-order chi connectivity index (χ0) is 34.0. The van der Waals surface area contributed by atoms with E-state index in [1.54, 1.807) is 4.90 Å². The van der Waals surface area contributed by atoms with Crippen LogP contribution in [0.5, 0.6) is 5.75 Å². The number of thioether (sulfide) groups is 1. The van der Waals surface area contributed by atoms with Crippen LogP contribution in [0.25, 0.3) is 0 Å². The summed E-state index contributed by atoms with van der Waals surface area (Å²) >= 11 is 1.29. The highest BCUT2D eigenvalue weighted by molar-refractivity contribution is 8.00. The van der Waals surface area contributed by atoms with E-state index in [1.165, 1.54) is 36.0 Å². The fourth-order valence-corrected chi connectivity index (χ4v) is 5.75. The Bertz CT molecular complexity index is 1280. The molecule has 0 radical (unpaired) electrons. The first kappa shape index (κ1) is 38.8. The number of unbranched alkanes of at least 4 members (excludes halogenated alkanes) is 4. The average Bonchev–Trinajstić information content (AvgIpc) is 3.01. The Morgan fingerprint density at radius 3 is 2.02 bits per heavy atom. The molecule has 5 N–H and O–H groups in total. The number of nitrogens with zero attached hydrogens (tertiary/aromatic N) is 1. The summed E-state index contributed by atoms with van der Waals surface area (Å²) < 4.78 is 15.8. The number of benzene rings is 2. The van der Waals surface area contributed by atoms with Crippen molar-refractivity contribution in [2.45, 2.75) is 88.6 Å². The van der Waals surface area contributed by atoms with Crippen molar-refractivity contribution in [3.05, 3.63) is 60.2 Å². The van der Waals surface area contributed by atoms with E-state index < -0.39 is 37.7 Å². The van der Waals surface area contributed by atoms with Gasteiger partial charge in [0, 0.05) is 30.8 Å². The number of phosphoric ester groups is 1. The van der Waals surface area contributed by atoms with Crippen LogP contribution in [-0.4, -0.2) is 74.4 Å². The van der Waals surface area contributed by atoms with Crippen LogP contribution < -0.4 is 15.2 Å². The highest BCUT2D eigenvalue weighted by atomic mass is 32.2. The van der Waals surface area contributed by atoms with E-state index in [9.17, 15) is 28.8 Å². The molecule has 254 valence electrons. The molecule has 0 aliphatic carbocycles. The highest BCUT2D eigenvalue weighted by Crippen LogP contribution is 2.37. The molecule has 0 unspecified atom stereocenters. The van der Waals surface area contributed by atoms with Gasteiger partial charge in [-0.05, 0) is 49.1 Å². The van der Waals surface area contributed by atoms with Crippen LogP contribution in [-0.2, 0) is 30.2 Å².